The maximum absolute atomic E-state index is 13.3. The Morgan fingerprint density at radius 3 is 2.36 bits per heavy atom. The first-order chi connectivity index (χ1) is 17.4. The molecule has 36 heavy (non-hydrogen) atoms. The number of likely N-dealkylation sites (N-methyl/N-ethyl adjacent to an activating group) is 1. The van der Waals surface area contributed by atoms with Crippen molar-refractivity contribution >= 4 is 23.1 Å². The molecule has 4 rings (SSSR count). The van der Waals surface area contributed by atoms with Gasteiger partial charge in [-0.15, -0.1) is 0 Å². The molecule has 2 aliphatic rings. The number of fused-ring (bicyclic) bond motifs is 1. The molecule has 6 nitrogen and oxygen atoms in total. The molecule has 6 heteroatoms. The van der Waals surface area contributed by atoms with Crippen LogP contribution in [0, 0.1) is 0 Å². The number of carbonyl (C=O) groups excluding carboxylic acids is 1. The van der Waals surface area contributed by atoms with E-state index in [0.717, 1.165) is 95.2 Å². The number of rotatable bonds is 8. The van der Waals surface area contributed by atoms with E-state index in [2.05, 4.69) is 50.1 Å². The van der Waals surface area contributed by atoms with Crippen molar-refractivity contribution in [1.29, 1.82) is 0 Å². The number of hydrogen-bond acceptors (Lipinski definition) is 5. The molecule has 1 aliphatic heterocycles. The highest BCUT2D eigenvalue weighted by Gasteiger charge is 2.28. The summed E-state index contributed by atoms with van der Waals surface area (Å²) in [7, 11) is 7.14. The molecular weight excluding hydrogens is 452 g/mol. The topological polar surface area (TPSA) is 51.2 Å². The molecule has 0 unspecified atom stereocenters. The van der Waals surface area contributed by atoms with Crippen LogP contribution in [0.4, 0.5) is 0 Å². The number of ether oxygens (including phenoxy) is 3. The number of benzene rings is 2. The maximum atomic E-state index is 13.3. The van der Waals surface area contributed by atoms with Gasteiger partial charge in [0.05, 0.1) is 27.8 Å². The largest absolute Gasteiger partial charge is 0.497 e. The molecular formula is C30H38N2O4. The average molecular weight is 491 g/mol. The highest BCUT2D eigenvalue weighted by Crippen LogP contribution is 2.45. The Balaban J connectivity index is 1.76. The van der Waals surface area contributed by atoms with E-state index in [0.29, 0.717) is 6.42 Å². The lowest BCUT2D eigenvalue weighted by atomic mass is 9.98. The number of piperazine rings is 1. The van der Waals surface area contributed by atoms with Crippen molar-refractivity contribution in [2.75, 3.05) is 54.6 Å². The van der Waals surface area contributed by atoms with Crippen molar-refractivity contribution in [3.8, 4) is 17.2 Å². The van der Waals surface area contributed by atoms with Gasteiger partial charge in [0.2, 0.25) is 5.91 Å². The van der Waals surface area contributed by atoms with Crippen LogP contribution in [-0.4, -0.2) is 70.3 Å². The van der Waals surface area contributed by atoms with Gasteiger partial charge in [-0.2, -0.15) is 0 Å². The number of amides is 1. The minimum Gasteiger partial charge on any atom is -0.497 e. The van der Waals surface area contributed by atoms with E-state index in [1.165, 1.54) is 0 Å². The highest BCUT2D eigenvalue weighted by atomic mass is 16.5. The van der Waals surface area contributed by atoms with Gasteiger partial charge in [0.15, 0.2) is 11.5 Å². The molecule has 1 saturated heterocycles. The van der Waals surface area contributed by atoms with Crippen LogP contribution in [0.1, 0.15) is 48.9 Å². The van der Waals surface area contributed by atoms with E-state index in [1.54, 1.807) is 21.3 Å². The summed E-state index contributed by atoms with van der Waals surface area (Å²) < 4.78 is 16.9. The molecule has 1 aliphatic carbocycles. The van der Waals surface area contributed by atoms with Gasteiger partial charge < -0.3 is 24.0 Å². The summed E-state index contributed by atoms with van der Waals surface area (Å²) in [6.07, 6.45) is 4.51. The first kappa shape index (κ1) is 25.8. The fraction of sp³-hybridized carbons (Fsp3) is 0.433. The summed E-state index contributed by atoms with van der Waals surface area (Å²) in [5.74, 6) is 2.51. The molecule has 1 fully saturated rings. The van der Waals surface area contributed by atoms with Crippen LogP contribution in [0.25, 0.3) is 17.2 Å². The summed E-state index contributed by atoms with van der Waals surface area (Å²) >= 11 is 0. The Bertz CT molecular complexity index is 1190. The summed E-state index contributed by atoms with van der Waals surface area (Å²) in [4.78, 5) is 17.6. The Morgan fingerprint density at radius 2 is 1.72 bits per heavy atom. The van der Waals surface area contributed by atoms with Crippen molar-refractivity contribution in [2.45, 2.75) is 33.1 Å². The molecule has 1 heterocycles. The quantitative estimate of drug-likeness (QED) is 0.512. The molecule has 0 atom stereocenters. The molecule has 2 aromatic carbocycles. The molecule has 0 saturated carbocycles. The fourth-order valence-electron chi connectivity index (χ4n) is 5.21. The van der Waals surface area contributed by atoms with Gasteiger partial charge in [-0.1, -0.05) is 19.4 Å². The summed E-state index contributed by atoms with van der Waals surface area (Å²) in [6.45, 7) is 7.67. The van der Waals surface area contributed by atoms with Gasteiger partial charge in [0, 0.05) is 26.2 Å². The zero-order valence-electron chi connectivity index (χ0n) is 22.4. The van der Waals surface area contributed by atoms with E-state index in [-0.39, 0.29) is 5.91 Å². The second kappa shape index (κ2) is 11.2. The molecule has 0 N–H and O–H groups in total. The standard InChI is InChI=1S/C30H38N2O4/c1-7-8-22-15-21(17-28(35-5)30(22)36-6)16-25-20(2)26(27-18-23(34-4)9-10-24(25)27)19-29(33)32-13-11-31(3)12-14-32/h9-10,15-18H,7-8,11-14,19H2,1-6H3/b25-16-. The SMILES string of the molecule is CCCc1cc(/C=C2/C(C)=C(CC(=O)N3CCN(C)CC3)c3cc(OC)ccc32)cc(OC)c1OC. The summed E-state index contributed by atoms with van der Waals surface area (Å²) in [5, 5.41) is 0. The van der Waals surface area contributed by atoms with E-state index in [1.807, 2.05) is 17.0 Å². The van der Waals surface area contributed by atoms with E-state index in [4.69, 9.17) is 14.2 Å². The predicted molar refractivity (Wildman–Crippen MR) is 146 cm³/mol. The van der Waals surface area contributed by atoms with E-state index < -0.39 is 0 Å². The van der Waals surface area contributed by atoms with Crippen LogP contribution >= 0.6 is 0 Å². The number of hydrogen-bond donors (Lipinski definition) is 0. The highest BCUT2D eigenvalue weighted by molar-refractivity contribution is 6.08. The van der Waals surface area contributed by atoms with Crippen LogP contribution in [0.2, 0.25) is 0 Å². The molecule has 0 spiro atoms. The van der Waals surface area contributed by atoms with Crippen molar-refractivity contribution < 1.29 is 19.0 Å². The Kier molecular flexibility index (Phi) is 8.04. The monoisotopic (exact) mass is 490 g/mol. The third-order valence-electron chi connectivity index (χ3n) is 7.29. The van der Waals surface area contributed by atoms with Crippen molar-refractivity contribution in [3.63, 3.8) is 0 Å². The van der Waals surface area contributed by atoms with E-state index in [9.17, 15) is 4.79 Å². The normalized spacial score (nSPS) is 16.9. The third-order valence-corrected chi connectivity index (χ3v) is 7.29. The van der Waals surface area contributed by atoms with Crippen molar-refractivity contribution in [3.05, 3.63) is 58.2 Å². The lowest BCUT2D eigenvalue weighted by Gasteiger charge is -2.32. The van der Waals surface area contributed by atoms with Gasteiger partial charge >= 0.3 is 0 Å². The van der Waals surface area contributed by atoms with Gasteiger partial charge in [-0.25, -0.2) is 0 Å². The average Bonchev–Trinajstić information content (AvgIpc) is 3.14. The third kappa shape index (κ3) is 5.14. The lowest BCUT2D eigenvalue weighted by molar-refractivity contribution is -0.131. The fourth-order valence-corrected chi connectivity index (χ4v) is 5.21. The Morgan fingerprint density at radius 1 is 0.972 bits per heavy atom. The van der Waals surface area contributed by atoms with Crippen LogP contribution in [0.15, 0.2) is 35.9 Å². The number of nitrogens with zero attached hydrogens (tertiary/aromatic N) is 2. The molecule has 0 bridgehead atoms. The van der Waals surface area contributed by atoms with Gasteiger partial charge in [-0.05, 0) is 89.7 Å². The molecule has 0 radical (unpaired) electrons. The van der Waals surface area contributed by atoms with Crippen LogP contribution in [0.5, 0.6) is 17.2 Å². The van der Waals surface area contributed by atoms with Crippen LogP contribution in [0.3, 0.4) is 0 Å². The van der Waals surface area contributed by atoms with Crippen molar-refractivity contribution in [2.24, 2.45) is 0 Å². The smallest absolute Gasteiger partial charge is 0.227 e. The van der Waals surface area contributed by atoms with Gasteiger partial charge in [0.25, 0.3) is 0 Å². The molecule has 192 valence electrons. The Hall–Kier alpha value is -3.25. The zero-order valence-corrected chi connectivity index (χ0v) is 22.4. The first-order valence-corrected chi connectivity index (χ1v) is 12.7. The molecule has 2 aromatic rings. The number of allylic oxidation sites excluding steroid dienone is 2. The van der Waals surface area contributed by atoms with Gasteiger partial charge in [0.1, 0.15) is 5.75 Å². The first-order valence-electron chi connectivity index (χ1n) is 12.7. The van der Waals surface area contributed by atoms with Gasteiger partial charge in [-0.3, -0.25) is 4.79 Å². The Labute approximate surface area is 215 Å². The van der Waals surface area contributed by atoms with Crippen LogP contribution in [-0.2, 0) is 11.2 Å². The minimum absolute atomic E-state index is 0.184. The summed E-state index contributed by atoms with van der Waals surface area (Å²) in [6, 6.07) is 10.4. The number of aryl methyl sites for hydroxylation is 1. The number of carbonyl (C=O) groups is 1. The molecule has 1 amide bonds. The lowest BCUT2D eigenvalue weighted by Crippen LogP contribution is -2.47. The zero-order chi connectivity index (χ0) is 25.8. The summed E-state index contributed by atoms with van der Waals surface area (Å²) in [5.41, 5.74) is 7.73. The second-order valence-corrected chi connectivity index (χ2v) is 9.60. The maximum Gasteiger partial charge on any atom is 0.227 e. The molecule has 0 aromatic heterocycles. The van der Waals surface area contributed by atoms with Crippen molar-refractivity contribution in [1.82, 2.24) is 9.80 Å². The predicted octanol–water partition coefficient (Wildman–Crippen LogP) is 5.16. The van der Waals surface area contributed by atoms with Crippen LogP contribution < -0.4 is 14.2 Å². The number of methoxy groups -OCH3 is 3. The second-order valence-electron chi connectivity index (χ2n) is 9.60. The minimum atomic E-state index is 0.184. The van der Waals surface area contributed by atoms with E-state index >= 15 is 0 Å².